The van der Waals surface area contributed by atoms with Crippen LogP contribution in [0.3, 0.4) is 0 Å². The summed E-state index contributed by atoms with van der Waals surface area (Å²) in [6.07, 6.45) is 1.14. The van der Waals surface area contributed by atoms with E-state index in [1.807, 2.05) is 50.2 Å². The van der Waals surface area contributed by atoms with Crippen LogP contribution in [-0.4, -0.2) is 48.0 Å². The summed E-state index contributed by atoms with van der Waals surface area (Å²) in [6.45, 7) is 6.66. The van der Waals surface area contributed by atoms with E-state index < -0.39 is 15.7 Å². The van der Waals surface area contributed by atoms with Gasteiger partial charge in [0.25, 0.3) is 0 Å². The molecule has 1 saturated heterocycles. The van der Waals surface area contributed by atoms with E-state index >= 15 is 0 Å². The number of aliphatic imine (C=N–C) groups is 2. The van der Waals surface area contributed by atoms with Crippen molar-refractivity contribution in [1.29, 1.82) is 0 Å². The molecule has 2 aromatic carbocycles. The van der Waals surface area contributed by atoms with E-state index in [0.29, 0.717) is 35.8 Å². The minimum atomic E-state index is -3.54. The minimum Gasteiger partial charge on any atom is -0.252 e. The lowest BCUT2D eigenvalue weighted by atomic mass is 10.00. The summed E-state index contributed by atoms with van der Waals surface area (Å²) in [5, 5.41) is 1.61. The van der Waals surface area contributed by atoms with Gasteiger partial charge in [-0.05, 0) is 48.9 Å². The Bertz CT molecular complexity index is 1150. The van der Waals surface area contributed by atoms with E-state index in [1.165, 1.54) is 0 Å². The fourth-order valence-corrected chi connectivity index (χ4v) is 6.67. The van der Waals surface area contributed by atoms with Crippen LogP contribution in [0.25, 0.3) is 0 Å². The van der Waals surface area contributed by atoms with Gasteiger partial charge in [0, 0.05) is 36.5 Å². The van der Waals surface area contributed by atoms with Crippen molar-refractivity contribution in [3.63, 3.8) is 0 Å². The zero-order chi connectivity index (χ0) is 22.2. The fourth-order valence-electron chi connectivity index (χ4n) is 3.99. The van der Waals surface area contributed by atoms with Gasteiger partial charge in [-0.3, -0.25) is 4.99 Å². The summed E-state index contributed by atoms with van der Waals surface area (Å²) >= 11 is 7.73. The van der Waals surface area contributed by atoms with E-state index in [0.717, 1.165) is 33.2 Å². The number of hydrogen-bond acceptors (Lipinski definition) is 5. The third kappa shape index (κ3) is 4.46. The van der Waals surface area contributed by atoms with Crippen molar-refractivity contribution in [2.75, 3.05) is 18.8 Å². The second-order valence-electron chi connectivity index (χ2n) is 7.97. The molecule has 0 amide bonds. The lowest BCUT2D eigenvalue weighted by Crippen LogP contribution is -2.44. The molecule has 2 aliphatic rings. The Morgan fingerprint density at radius 2 is 1.74 bits per heavy atom. The van der Waals surface area contributed by atoms with Gasteiger partial charge in [0.1, 0.15) is 5.04 Å². The van der Waals surface area contributed by atoms with E-state index in [1.54, 1.807) is 22.1 Å². The van der Waals surface area contributed by atoms with Gasteiger partial charge in [-0.1, -0.05) is 42.8 Å². The van der Waals surface area contributed by atoms with Gasteiger partial charge in [-0.25, -0.2) is 13.4 Å². The molecule has 1 fully saturated rings. The molecule has 0 aliphatic carbocycles. The van der Waals surface area contributed by atoms with Crippen molar-refractivity contribution in [3.05, 3.63) is 64.2 Å². The van der Waals surface area contributed by atoms with Crippen LogP contribution in [0.1, 0.15) is 36.5 Å². The van der Waals surface area contributed by atoms with E-state index in [-0.39, 0.29) is 0 Å². The Morgan fingerprint density at radius 3 is 2.39 bits per heavy atom. The molecule has 0 unspecified atom stereocenters. The van der Waals surface area contributed by atoms with Crippen LogP contribution < -0.4 is 0 Å². The van der Waals surface area contributed by atoms with Crippen LogP contribution in [0.15, 0.2) is 57.3 Å². The van der Waals surface area contributed by atoms with Crippen LogP contribution in [0.4, 0.5) is 0 Å². The van der Waals surface area contributed by atoms with E-state index in [2.05, 4.69) is 6.92 Å². The van der Waals surface area contributed by atoms with Crippen molar-refractivity contribution in [3.8, 4) is 0 Å². The topological polar surface area (TPSA) is 62.1 Å². The predicted octanol–water partition coefficient (Wildman–Crippen LogP) is 5.09. The molecule has 8 heteroatoms. The molecule has 0 bridgehead atoms. The minimum absolute atomic E-state index is 0.394. The second-order valence-corrected chi connectivity index (χ2v) is 11.6. The number of piperidine rings is 1. The van der Waals surface area contributed by atoms with Crippen LogP contribution in [0.2, 0.25) is 5.02 Å². The molecule has 2 aliphatic heterocycles. The summed E-state index contributed by atoms with van der Waals surface area (Å²) < 4.78 is 28.2. The average molecular weight is 476 g/mol. The molecular weight excluding hydrogens is 450 g/mol. The van der Waals surface area contributed by atoms with Gasteiger partial charge in [-0.2, -0.15) is 4.31 Å². The lowest BCUT2D eigenvalue weighted by molar-refractivity contribution is 0.249. The van der Waals surface area contributed by atoms with Gasteiger partial charge in [0.05, 0.1) is 10.6 Å². The van der Waals surface area contributed by atoms with Crippen molar-refractivity contribution in [2.45, 2.75) is 44.2 Å². The molecule has 164 valence electrons. The highest BCUT2D eigenvalue weighted by Gasteiger charge is 2.42. The quantitative estimate of drug-likeness (QED) is 0.618. The largest absolute Gasteiger partial charge is 0.252 e. The lowest BCUT2D eigenvalue weighted by Gasteiger charge is -2.35. The SMILES string of the molecule is CCSC1=NC2(CCN(S(=O)(=O)c3cc(C)ccc3C)CC2)N=C1c1ccc(Cl)cc1. The zero-order valence-corrected chi connectivity index (χ0v) is 20.3. The molecular formula is C23H26ClN3O2S2. The number of sulfonamides is 1. The number of thioether (sulfide) groups is 1. The number of aryl methyl sites for hydroxylation is 2. The first-order valence-corrected chi connectivity index (χ1v) is 13.2. The van der Waals surface area contributed by atoms with Crippen LogP contribution in [0.5, 0.6) is 0 Å². The predicted molar refractivity (Wildman–Crippen MR) is 130 cm³/mol. The van der Waals surface area contributed by atoms with Gasteiger partial charge in [-0.15, -0.1) is 11.8 Å². The van der Waals surface area contributed by atoms with Crippen molar-refractivity contribution in [2.24, 2.45) is 9.98 Å². The highest BCUT2D eigenvalue weighted by molar-refractivity contribution is 8.15. The molecule has 31 heavy (non-hydrogen) atoms. The van der Waals surface area contributed by atoms with E-state index in [4.69, 9.17) is 21.6 Å². The summed E-state index contributed by atoms with van der Waals surface area (Å²) in [5.74, 6) is 0.897. The molecule has 4 rings (SSSR count). The molecule has 0 atom stereocenters. The monoisotopic (exact) mass is 475 g/mol. The zero-order valence-electron chi connectivity index (χ0n) is 17.9. The maximum atomic E-state index is 13.3. The molecule has 2 aromatic rings. The van der Waals surface area contributed by atoms with Crippen LogP contribution >= 0.6 is 23.4 Å². The molecule has 1 spiro atoms. The van der Waals surface area contributed by atoms with Crippen molar-refractivity contribution < 1.29 is 8.42 Å². The van der Waals surface area contributed by atoms with Crippen molar-refractivity contribution >= 4 is 44.1 Å². The highest BCUT2D eigenvalue weighted by Crippen LogP contribution is 2.37. The first-order valence-electron chi connectivity index (χ1n) is 10.4. The van der Waals surface area contributed by atoms with Gasteiger partial charge >= 0.3 is 0 Å². The maximum absolute atomic E-state index is 13.3. The summed E-state index contributed by atoms with van der Waals surface area (Å²) in [6, 6.07) is 13.2. The summed E-state index contributed by atoms with van der Waals surface area (Å²) in [5.41, 5.74) is 3.01. The Balaban J connectivity index is 1.59. The smallest absolute Gasteiger partial charge is 0.243 e. The van der Waals surface area contributed by atoms with Crippen LogP contribution in [-0.2, 0) is 10.0 Å². The van der Waals surface area contributed by atoms with Crippen molar-refractivity contribution in [1.82, 2.24) is 4.31 Å². The number of hydrogen-bond donors (Lipinski definition) is 0. The van der Waals surface area contributed by atoms with Gasteiger partial charge < -0.3 is 0 Å². The number of nitrogens with zero attached hydrogens (tertiary/aromatic N) is 3. The van der Waals surface area contributed by atoms with Gasteiger partial charge in [0.15, 0.2) is 5.66 Å². The normalized spacial score (nSPS) is 18.8. The molecule has 0 radical (unpaired) electrons. The first-order chi connectivity index (χ1) is 14.7. The second kappa shape index (κ2) is 8.70. The standard InChI is InChI=1S/C23H26ClN3O2S2/c1-4-30-22-21(18-7-9-19(24)10-8-18)25-23(26-22)11-13-27(14-12-23)31(28,29)20-15-16(2)5-6-17(20)3/h5-10,15H,4,11-14H2,1-3H3. The third-order valence-corrected chi connectivity index (χ3v) is 8.85. The molecule has 2 heterocycles. The Kier molecular flexibility index (Phi) is 6.32. The number of halogens is 1. The fraction of sp³-hybridized carbons (Fsp3) is 0.391. The van der Waals surface area contributed by atoms with E-state index in [9.17, 15) is 8.42 Å². The molecule has 5 nitrogen and oxygen atoms in total. The number of rotatable bonds is 4. The molecule has 0 saturated carbocycles. The van der Waals surface area contributed by atoms with Gasteiger partial charge in [0.2, 0.25) is 10.0 Å². The van der Waals surface area contributed by atoms with Crippen LogP contribution in [0, 0.1) is 13.8 Å². The Morgan fingerprint density at radius 1 is 1.06 bits per heavy atom. The summed E-state index contributed by atoms with van der Waals surface area (Å²) in [4.78, 5) is 10.4. The maximum Gasteiger partial charge on any atom is 0.243 e. The highest BCUT2D eigenvalue weighted by atomic mass is 35.5. The number of benzene rings is 2. The first kappa shape index (κ1) is 22.5. The Hall–Kier alpha value is -1.67. The summed E-state index contributed by atoms with van der Waals surface area (Å²) in [7, 11) is -3.54. The average Bonchev–Trinajstić information content (AvgIpc) is 3.08. The third-order valence-electron chi connectivity index (χ3n) is 5.72. The Labute approximate surface area is 193 Å². The molecule has 0 N–H and O–H groups in total. The molecule has 0 aromatic heterocycles.